The lowest BCUT2D eigenvalue weighted by molar-refractivity contribution is -0.870. The van der Waals surface area contributed by atoms with Gasteiger partial charge in [0.15, 0.2) is 6.10 Å². The van der Waals surface area contributed by atoms with Gasteiger partial charge in [0, 0.05) is 12.8 Å². The van der Waals surface area contributed by atoms with Crippen molar-refractivity contribution in [1.29, 1.82) is 0 Å². The number of carbonyl (C=O) groups excluding carboxylic acids is 2. The molecule has 9 nitrogen and oxygen atoms in total. The number of hydrogen-bond acceptors (Lipinski definition) is 7. The average Bonchev–Trinajstić information content (AvgIpc) is 2.19. The summed E-state index contributed by atoms with van der Waals surface area (Å²) in [7, 11) is 5.96. The second kappa shape index (κ2) is 77.9. The molecule has 0 aromatic carbocycles. The first kappa shape index (κ1) is 93.1. The van der Waals surface area contributed by atoms with Crippen LogP contribution in [0.5, 0.6) is 0 Å². The normalized spacial score (nSPS) is 13.7. The molecule has 0 rings (SSSR count). The van der Waals surface area contributed by atoms with Crippen LogP contribution < -0.4 is 0 Å². The van der Waals surface area contributed by atoms with Crippen LogP contribution in [0.2, 0.25) is 0 Å². The molecule has 0 aromatic rings. The summed E-state index contributed by atoms with van der Waals surface area (Å²) >= 11 is 0. The molecule has 0 aliphatic carbocycles. The first-order chi connectivity index (χ1) is 48.6. The Bertz CT molecular complexity index is 2340. The van der Waals surface area contributed by atoms with Crippen LogP contribution in [0, 0.1) is 0 Å². The Morgan fingerprint density at radius 2 is 0.545 bits per heavy atom. The zero-order valence-electron chi connectivity index (χ0n) is 63.8. The molecule has 1 N–H and O–H groups in total. The summed E-state index contributed by atoms with van der Waals surface area (Å²) in [4.78, 5) is 37.7. The van der Waals surface area contributed by atoms with Gasteiger partial charge in [-0.1, -0.05) is 337 Å². The quantitative estimate of drug-likeness (QED) is 0.0211. The van der Waals surface area contributed by atoms with Gasteiger partial charge < -0.3 is 28.5 Å². The second-order valence-corrected chi connectivity index (χ2v) is 26.9. The Morgan fingerprint density at radius 1 is 0.303 bits per heavy atom. The van der Waals surface area contributed by atoms with E-state index in [1.807, 2.05) is 21.1 Å². The summed E-state index contributed by atoms with van der Waals surface area (Å²) in [6.45, 7) is 4.61. The molecule has 99 heavy (non-hydrogen) atoms. The van der Waals surface area contributed by atoms with Gasteiger partial charge >= 0.3 is 17.9 Å². The highest BCUT2D eigenvalue weighted by molar-refractivity contribution is 5.71. The van der Waals surface area contributed by atoms with E-state index in [1.54, 1.807) is 0 Å². The molecule has 0 saturated heterocycles. The Morgan fingerprint density at radius 3 is 0.818 bits per heavy atom. The Balaban J connectivity index is 4.15. The van der Waals surface area contributed by atoms with Crippen LogP contribution in [-0.4, -0.2) is 87.4 Å². The van der Waals surface area contributed by atoms with Crippen molar-refractivity contribution in [3.63, 3.8) is 0 Å². The van der Waals surface area contributed by atoms with E-state index in [4.69, 9.17) is 18.9 Å². The molecule has 2 atom stereocenters. The minimum absolute atomic E-state index is 0.172. The third-order valence-corrected chi connectivity index (χ3v) is 16.3. The highest BCUT2D eigenvalue weighted by Gasteiger charge is 2.25. The van der Waals surface area contributed by atoms with Gasteiger partial charge in [-0.2, -0.15) is 0 Å². The molecule has 0 bridgehead atoms. The average molecular weight is 1370 g/mol. The Hall–Kier alpha value is -5.87. The summed E-state index contributed by atoms with van der Waals surface area (Å²) in [5.41, 5.74) is 0. The molecule has 0 fully saturated rings. The number of allylic oxidation sites excluding steroid dienone is 32. The van der Waals surface area contributed by atoms with Crippen LogP contribution in [0.1, 0.15) is 296 Å². The van der Waals surface area contributed by atoms with Crippen LogP contribution in [0.15, 0.2) is 194 Å². The maximum absolute atomic E-state index is 13.0. The van der Waals surface area contributed by atoms with E-state index < -0.39 is 24.3 Å². The number of esters is 2. The molecule has 0 aromatic heterocycles. The van der Waals surface area contributed by atoms with Crippen LogP contribution in [0.4, 0.5) is 0 Å². The van der Waals surface area contributed by atoms with Gasteiger partial charge in [0.05, 0.1) is 34.4 Å². The summed E-state index contributed by atoms with van der Waals surface area (Å²) < 4.78 is 23.0. The van der Waals surface area contributed by atoms with Gasteiger partial charge in [0.2, 0.25) is 0 Å². The topological polar surface area (TPSA) is 108 Å². The van der Waals surface area contributed by atoms with Gasteiger partial charge in [-0.15, -0.1) is 0 Å². The van der Waals surface area contributed by atoms with Crippen molar-refractivity contribution >= 4 is 17.9 Å². The van der Waals surface area contributed by atoms with Crippen LogP contribution >= 0.6 is 0 Å². The number of carbonyl (C=O) groups is 3. The molecule has 558 valence electrons. The molecule has 0 heterocycles. The number of nitrogens with zero attached hydrogens (tertiary/aromatic N) is 1. The monoisotopic (exact) mass is 1370 g/mol. The zero-order valence-corrected chi connectivity index (χ0v) is 63.8. The van der Waals surface area contributed by atoms with Crippen molar-refractivity contribution in [3.05, 3.63) is 194 Å². The van der Waals surface area contributed by atoms with E-state index in [1.165, 1.54) is 122 Å². The van der Waals surface area contributed by atoms with Gasteiger partial charge in [0.25, 0.3) is 6.29 Å². The van der Waals surface area contributed by atoms with E-state index in [-0.39, 0.29) is 38.6 Å². The van der Waals surface area contributed by atoms with E-state index >= 15 is 0 Å². The lowest BCUT2D eigenvalue weighted by Crippen LogP contribution is -2.40. The summed E-state index contributed by atoms with van der Waals surface area (Å²) in [5, 5.41) is 9.77. The number of aliphatic carboxylic acids is 1. The van der Waals surface area contributed by atoms with Gasteiger partial charge in [-0.25, -0.2) is 4.79 Å². The Kier molecular flexibility index (Phi) is 73.2. The number of ether oxygens (including phenoxy) is 4. The molecule has 0 radical (unpaired) electrons. The van der Waals surface area contributed by atoms with Crippen LogP contribution in [0.3, 0.4) is 0 Å². The maximum Gasteiger partial charge on any atom is 0.361 e. The van der Waals surface area contributed by atoms with E-state index in [9.17, 15) is 19.5 Å². The number of hydrogen-bond donors (Lipinski definition) is 1. The van der Waals surface area contributed by atoms with Crippen molar-refractivity contribution in [3.8, 4) is 0 Å². The summed E-state index contributed by atoms with van der Waals surface area (Å²) in [5.74, 6) is -2.06. The summed E-state index contributed by atoms with van der Waals surface area (Å²) in [6, 6.07) is 0. The summed E-state index contributed by atoms with van der Waals surface area (Å²) in [6.07, 6.45) is 117. The first-order valence-electron chi connectivity index (χ1n) is 39.6. The van der Waals surface area contributed by atoms with Crippen molar-refractivity contribution in [2.45, 2.75) is 309 Å². The van der Waals surface area contributed by atoms with E-state index in [0.29, 0.717) is 17.4 Å². The Labute approximate surface area is 608 Å². The second-order valence-electron chi connectivity index (χ2n) is 26.9. The molecule has 0 spiro atoms. The van der Waals surface area contributed by atoms with Crippen molar-refractivity contribution < 1.29 is 42.9 Å². The SMILES string of the molecule is CC/C=C\C/C=C\C/C=C\C/C=C\C/C=C\C/C=C\C/C=C\C/C=C\C/C=C\C/C=C\C/C=C\CCCCCC(=O)OC(COC(=O)CCCCCCCCCCCCCCCCCCCCCCC/C=C\C/C=C\C/C=C\C/C=C\C/C=C\CC)COC(OCC[N+](C)(C)C)C(=O)O. The lowest BCUT2D eigenvalue weighted by atomic mass is 10.0. The van der Waals surface area contributed by atoms with Gasteiger partial charge in [-0.05, 0) is 141 Å². The molecule has 0 amide bonds. The van der Waals surface area contributed by atoms with Gasteiger partial charge in [-0.3, -0.25) is 9.59 Å². The fourth-order valence-electron chi connectivity index (χ4n) is 10.4. The van der Waals surface area contributed by atoms with Crippen LogP contribution in [0.25, 0.3) is 0 Å². The molecule has 9 heteroatoms. The smallest absolute Gasteiger partial charge is 0.361 e. The number of carboxylic acid groups (broad SMARTS) is 1. The largest absolute Gasteiger partial charge is 0.477 e. The zero-order chi connectivity index (χ0) is 71.8. The predicted molar refractivity (Wildman–Crippen MR) is 428 cm³/mol. The van der Waals surface area contributed by atoms with Crippen LogP contribution in [-0.2, 0) is 33.3 Å². The predicted octanol–water partition coefficient (Wildman–Crippen LogP) is 25.7. The van der Waals surface area contributed by atoms with E-state index in [0.717, 1.165) is 141 Å². The first-order valence-corrected chi connectivity index (χ1v) is 39.6. The third-order valence-electron chi connectivity index (χ3n) is 16.3. The molecule has 0 saturated carbocycles. The fraction of sp³-hybridized carbons (Fsp3) is 0.611. The number of unbranched alkanes of at least 4 members (excludes halogenated alkanes) is 24. The van der Waals surface area contributed by atoms with E-state index in [2.05, 4.69) is 208 Å². The van der Waals surface area contributed by atoms with Crippen molar-refractivity contribution in [2.75, 3.05) is 47.5 Å². The molecule has 0 aliphatic rings. The molecular formula is C90H146NO8+. The highest BCUT2D eigenvalue weighted by atomic mass is 16.7. The van der Waals surface area contributed by atoms with Crippen molar-refractivity contribution in [1.82, 2.24) is 0 Å². The number of rotatable bonds is 71. The lowest BCUT2D eigenvalue weighted by Gasteiger charge is -2.25. The standard InChI is InChI=1S/C90H145NO8/c1-6-8-10-12-14-16-18-20-22-24-26-28-30-32-34-36-38-40-42-44-46-48-50-52-54-56-58-60-62-64-66-68-70-72-74-76-78-80-87(92)97-84-86(85-98-90(89(94)95)96-83-82-91(3,4)5)99-88(93)81-79-77-75-73-71-69-67-65-63-61-59-57-55-53-51-49-47-45-43-41-39-37-35-33-31-29-27-25-23-21-19-17-15-13-11-9-7-2/h8-11,14-17,20-23,26-29,32-35,39,41,45,47,51,53,57,59,63,65,69,71,86,90H,6-7,12-13,18-19,24-25,30-31,36-38,40,42-44,46,48-50,52,54-56,58,60-62,64,66-68,70,72-85H2,1-5H3/p+1/b10-8-,11-9-,16-14-,17-15-,22-20-,23-21-,28-26-,29-27-,34-32-,35-33-,41-39-,47-45-,53-51-,59-57-,65-63-,71-69-. The number of carboxylic acids is 1. The molecule has 2 unspecified atom stereocenters. The number of quaternary nitrogens is 1. The van der Waals surface area contributed by atoms with Gasteiger partial charge in [0.1, 0.15) is 13.2 Å². The molecular weight excluding hydrogens is 1220 g/mol. The minimum atomic E-state index is -1.53. The maximum atomic E-state index is 13.0. The highest BCUT2D eigenvalue weighted by Crippen LogP contribution is 2.17. The third kappa shape index (κ3) is 79.3. The van der Waals surface area contributed by atoms with Crippen molar-refractivity contribution in [2.24, 2.45) is 0 Å². The molecule has 0 aliphatic heterocycles. The minimum Gasteiger partial charge on any atom is -0.477 e. The number of likely N-dealkylation sites (N-methyl/N-ethyl adjacent to an activating group) is 1. The fourth-order valence-corrected chi connectivity index (χ4v) is 10.4.